The summed E-state index contributed by atoms with van der Waals surface area (Å²) < 4.78 is 41.2. The predicted molar refractivity (Wildman–Crippen MR) is 88.0 cm³/mol. The van der Waals surface area contributed by atoms with Crippen molar-refractivity contribution in [1.82, 2.24) is 15.1 Å². The van der Waals surface area contributed by atoms with Gasteiger partial charge in [0.1, 0.15) is 0 Å². The van der Waals surface area contributed by atoms with Crippen LogP contribution in [-0.4, -0.2) is 21.9 Å². The Bertz CT molecular complexity index is 752. The summed E-state index contributed by atoms with van der Waals surface area (Å²) >= 11 is 5.77. The highest BCUT2D eigenvalue weighted by molar-refractivity contribution is 6.30. The summed E-state index contributed by atoms with van der Waals surface area (Å²) in [6.45, 7) is 0. The quantitative estimate of drug-likeness (QED) is 0.826. The van der Waals surface area contributed by atoms with Crippen LogP contribution in [0.25, 0.3) is 5.69 Å². The highest BCUT2D eigenvalue weighted by Gasteiger charge is 2.39. The van der Waals surface area contributed by atoms with Gasteiger partial charge in [0.2, 0.25) is 0 Å². The van der Waals surface area contributed by atoms with Gasteiger partial charge in [0.05, 0.1) is 17.6 Å². The molecule has 0 aliphatic heterocycles. The number of carbonyl (C=O) groups excluding carboxylic acids is 1. The summed E-state index contributed by atoms with van der Waals surface area (Å²) in [5, 5.41) is 9.14. The number of anilines is 1. The minimum absolute atomic E-state index is 0.000599. The molecule has 9 heteroatoms. The Balaban J connectivity index is 1.86. The number of nitrogens with zero attached hydrogens (tertiary/aromatic N) is 2. The van der Waals surface area contributed by atoms with E-state index >= 15 is 0 Å². The Morgan fingerprint density at radius 1 is 1.20 bits per heavy atom. The fraction of sp³-hybridized carbons (Fsp3) is 0.375. The molecule has 1 aromatic carbocycles. The molecule has 1 saturated carbocycles. The molecule has 5 nitrogen and oxygen atoms in total. The van der Waals surface area contributed by atoms with Crippen LogP contribution in [-0.2, 0) is 6.18 Å². The van der Waals surface area contributed by atoms with Gasteiger partial charge in [0.15, 0.2) is 5.69 Å². The molecule has 25 heavy (non-hydrogen) atoms. The number of rotatable bonds is 3. The van der Waals surface area contributed by atoms with E-state index in [1.807, 2.05) is 0 Å². The zero-order chi connectivity index (χ0) is 18.0. The van der Waals surface area contributed by atoms with Crippen LogP contribution >= 0.6 is 11.6 Å². The molecule has 0 saturated heterocycles. The first-order valence-electron chi connectivity index (χ1n) is 7.83. The van der Waals surface area contributed by atoms with Crippen LogP contribution in [0.2, 0.25) is 5.02 Å². The second-order valence-electron chi connectivity index (χ2n) is 5.87. The maximum atomic E-state index is 13.5. The molecule has 3 rings (SSSR count). The number of benzene rings is 1. The number of halogens is 4. The second kappa shape index (κ2) is 6.95. The maximum absolute atomic E-state index is 13.5. The molecule has 1 heterocycles. The van der Waals surface area contributed by atoms with Gasteiger partial charge in [-0.25, -0.2) is 9.48 Å². The van der Waals surface area contributed by atoms with E-state index in [1.54, 1.807) is 0 Å². The second-order valence-corrected chi connectivity index (χ2v) is 6.31. The smallest absolute Gasteiger partial charge is 0.335 e. The molecular weight excluding hydrogens is 357 g/mol. The van der Waals surface area contributed by atoms with Gasteiger partial charge in [-0.3, -0.25) is 0 Å². The van der Waals surface area contributed by atoms with Crippen molar-refractivity contribution in [3.05, 3.63) is 41.2 Å². The normalized spacial score (nSPS) is 15.4. The van der Waals surface area contributed by atoms with Crippen LogP contribution < -0.4 is 10.6 Å². The third-order valence-electron chi connectivity index (χ3n) is 4.05. The number of hydrogen-bond donors (Lipinski definition) is 2. The van der Waals surface area contributed by atoms with Crippen LogP contribution in [0.1, 0.15) is 31.4 Å². The van der Waals surface area contributed by atoms with Crippen molar-refractivity contribution in [3.63, 3.8) is 0 Å². The average Bonchev–Trinajstić information content (AvgIpc) is 3.17. The van der Waals surface area contributed by atoms with E-state index < -0.39 is 23.6 Å². The van der Waals surface area contributed by atoms with E-state index in [4.69, 9.17) is 11.6 Å². The minimum Gasteiger partial charge on any atom is -0.335 e. The number of carbonyl (C=O) groups is 1. The van der Waals surface area contributed by atoms with E-state index in [1.165, 1.54) is 24.3 Å². The number of amides is 2. The third kappa shape index (κ3) is 4.07. The SMILES string of the molecule is O=C(Nc1cnn(-c2ccc(Cl)cc2)c1C(F)(F)F)NC1CCCC1. The number of urea groups is 1. The molecule has 0 spiro atoms. The van der Waals surface area contributed by atoms with Gasteiger partial charge in [-0.05, 0) is 37.1 Å². The van der Waals surface area contributed by atoms with Crippen molar-refractivity contribution < 1.29 is 18.0 Å². The van der Waals surface area contributed by atoms with Crippen LogP contribution in [0.15, 0.2) is 30.5 Å². The first-order valence-corrected chi connectivity index (χ1v) is 8.21. The summed E-state index contributed by atoms with van der Waals surface area (Å²) in [5.41, 5.74) is -1.24. The van der Waals surface area contributed by atoms with Crippen molar-refractivity contribution in [2.24, 2.45) is 0 Å². The first-order chi connectivity index (χ1) is 11.8. The van der Waals surface area contributed by atoms with E-state index in [0.29, 0.717) is 5.02 Å². The molecule has 134 valence electrons. The Morgan fingerprint density at radius 2 is 1.84 bits per heavy atom. The Labute approximate surface area is 147 Å². The van der Waals surface area contributed by atoms with Crippen molar-refractivity contribution in [2.75, 3.05) is 5.32 Å². The topological polar surface area (TPSA) is 59.0 Å². The lowest BCUT2D eigenvalue weighted by Crippen LogP contribution is -2.36. The fourth-order valence-corrected chi connectivity index (χ4v) is 3.03. The molecule has 0 bridgehead atoms. The molecule has 2 N–H and O–H groups in total. The maximum Gasteiger partial charge on any atom is 0.435 e. The molecule has 2 amide bonds. The summed E-state index contributed by atoms with van der Waals surface area (Å²) in [7, 11) is 0. The van der Waals surface area contributed by atoms with Gasteiger partial charge in [0.25, 0.3) is 0 Å². The summed E-state index contributed by atoms with van der Waals surface area (Å²) in [6, 6.07) is 5.13. The molecule has 0 radical (unpaired) electrons. The lowest BCUT2D eigenvalue weighted by atomic mass is 10.2. The van der Waals surface area contributed by atoms with Gasteiger partial charge < -0.3 is 10.6 Å². The average molecular weight is 373 g/mol. The molecule has 0 atom stereocenters. The number of alkyl halides is 3. The highest BCUT2D eigenvalue weighted by atomic mass is 35.5. The Kier molecular flexibility index (Phi) is 4.89. The lowest BCUT2D eigenvalue weighted by Gasteiger charge is -2.15. The Hall–Kier alpha value is -2.22. The van der Waals surface area contributed by atoms with Crippen LogP contribution in [0.4, 0.5) is 23.7 Å². The monoisotopic (exact) mass is 372 g/mol. The van der Waals surface area contributed by atoms with Gasteiger partial charge in [-0.15, -0.1) is 0 Å². The van der Waals surface area contributed by atoms with Crippen LogP contribution in [0, 0.1) is 0 Å². The van der Waals surface area contributed by atoms with E-state index in [9.17, 15) is 18.0 Å². The molecule has 1 aromatic heterocycles. The summed E-state index contributed by atoms with van der Waals surface area (Å²) in [6.07, 6.45) is -0.00850. The first kappa shape index (κ1) is 17.6. The fourth-order valence-electron chi connectivity index (χ4n) is 2.90. The van der Waals surface area contributed by atoms with E-state index in [0.717, 1.165) is 36.6 Å². The number of aromatic nitrogens is 2. The largest absolute Gasteiger partial charge is 0.435 e. The van der Waals surface area contributed by atoms with Gasteiger partial charge in [-0.1, -0.05) is 24.4 Å². The molecule has 0 unspecified atom stereocenters. The zero-order valence-electron chi connectivity index (χ0n) is 13.1. The molecule has 1 fully saturated rings. The van der Waals surface area contributed by atoms with E-state index in [2.05, 4.69) is 15.7 Å². The predicted octanol–water partition coefficient (Wildman–Crippen LogP) is 4.61. The van der Waals surface area contributed by atoms with Gasteiger partial charge in [0, 0.05) is 11.1 Å². The number of hydrogen-bond acceptors (Lipinski definition) is 2. The van der Waals surface area contributed by atoms with Gasteiger partial charge in [-0.2, -0.15) is 18.3 Å². The number of nitrogens with one attached hydrogen (secondary N) is 2. The summed E-state index contributed by atoms with van der Waals surface area (Å²) in [5.74, 6) is 0. The highest BCUT2D eigenvalue weighted by Crippen LogP contribution is 2.36. The minimum atomic E-state index is -4.69. The standard InChI is InChI=1S/C16H16ClF3N4O/c17-10-5-7-12(8-6-10)24-14(16(18,19)20)13(9-21-24)23-15(25)22-11-3-1-2-4-11/h5-9,11H,1-4H2,(H2,22,23,25). The van der Waals surface area contributed by atoms with Crippen molar-refractivity contribution in [3.8, 4) is 5.69 Å². The molecule has 1 aliphatic carbocycles. The zero-order valence-corrected chi connectivity index (χ0v) is 13.9. The third-order valence-corrected chi connectivity index (χ3v) is 4.30. The van der Waals surface area contributed by atoms with Crippen molar-refractivity contribution >= 4 is 23.3 Å². The van der Waals surface area contributed by atoms with Crippen molar-refractivity contribution in [2.45, 2.75) is 37.9 Å². The molecule has 1 aliphatic rings. The molecule has 2 aromatic rings. The lowest BCUT2D eigenvalue weighted by molar-refractivity contribution is -0.142. The Morgan fingerprint density at radius 3 is 2.44 bits per heavy atom. The van der Waals surface area contributed by atoms with E-state index in [-0.39, 0.29) is 11.7 Å². The summed E-state index contributed by atoms with van der Waals surface area (Å²) in [4.78, 5) is 12.0. The molecular formula is C16H16ClF3N4O. The van der Waals surface area contributed by atoms with Crippen molar-refractivity contribution in [1.29, 1.82) is 0 Å². The van der Waals surface area contributed by atoms with Crippen LogP contribution in [0.5, 0.6) is 0 Å². The van der Waals surface area contributed by atoms with Crippen LogP contribution in [0.3, 0.4) is 0 Å². The van der Waals surface area contributed by atoms with Gasteiger partial charge >= 0.3 is 12.2 Å².